The number of benzene rings is 4. The second-order valence-corrected chi connectivity index (χ2v) is 16.9. The van der Waals surface area contributed by atoms with Crippen LogP contribution in [0.3, 0.4) is 0 Å². The maximum Gasteiger partial charge on any atom is 0.177 e. The van der Waals surface area contributed by atoms with Crippen LogP contribution in [-0.4, -0.2) is 9.97 Å². The zero-order valence-corrected chi connectivity index (χ0v) is 27.1. The molecule has 0 N–H and O–H groups in total. The average Bonchev–Trinajstić information content (AvgIpc) is 3.83. The summed E-state index contributed by atoms with van der Waals surface area (Å²) in [4.78, 5) is 14.1. The van der Waals surface area contributed by atoms with Crippen molar-refractivity contribution in [3.05, 3.63) is 95.5 Å². The van der Waals surface area contributed by atoms with E-state index in [4.69, 9.17) is 9.97 Å². The summed E-state index contributed by atoms with van der Waals surface area (Å²) in [6.45, 7) is 0. The van der Waals surface area contributed by atoms with E-state index < -0.39 is 0 Å². The Balaban J connectivity index is 0.974. The van der Waals surface area contributed by atoms with Crippen LogP contribution in [0.1, 0.15) is 0 Å². The van der Waals surface area contributed by atoms with Crippen LogP contribution in [0.15, 0.2) is 85.2 Å². The molecule has 10 heteroatoms. The van der Waals surface area contributed by atoms with Crippen LogP contribution in [0.25, 0.3) is 91.4 Å². The third kappa shape index (κ3) is 4.09. The molecule has 0 radical (unpaired) electrons. The highest BCUT2D eigenvalue weighted by Crippen LogP contribution is 2.44. The van der Waals surface area contributed by atoms with Gasteiger partial charge in [0.05, 0.1) is 19.5 Å². The Kier molecular flexibility index (Phi) is 5.50. The van der Waals surface area contributed by atoms with Crippen molar-refractivity contribution >= 4 is 130 Å². The Morgan fingerprint density at radius 3 is 1.11 bits per heavy atom. The first kappa shape index (κ1) is 25.7. The second kappa shape index (κ2) is 9.43. The van der Waals surface area contributed by atoms with Crippen molar-refractivity contribution in [1.82, 2.24) is 9.97 Å². The highest BCUT2D eigenvalue weighted by Gasteiger charge is 2.16. The zero-order valence-electron chi connectivity index (χ0n) is 22.2. The predicted octanol–water partition coefficient (Wildman–Crippen LogP) is 13.0. The Morgan fingerprint density at radius 1 is 0.341 bits per heavy atom. The summed E-state index contributed by atoms with van der Waals surface area (Å²) in [5, 5.41) is 10.4. The maximum atomic E-state index is 13.8. The largest absolute Gasteiger partial charge is 0.243 e. The van der Waals surface area contributed by atoms with Crippen LogP contribution >= 0.6 is 68.0 Å². The van der Waals surface area contributed by atoms with Gasteiger partial charge in [0, 0.05) is 31.2 Å². The van der Waals surface area contributed by atoms with Crippen molar-refractivity contribution in [2.75, 3.05) is 0 Å². The van der Waals surface area contributed by atoms with Crippen molar-refractivity contribution in [3.8, 4) is 29.5 Å². The third-order valence-corrected chi connectivity index (χ3v) is 14.3. The van der Waals surface area contributed by atoms with E-state index in [1.807, 2.05) is 12.4 Å². The molecule has 44 heavy (non-hydrogen) atoms. The minimum Gasteiger partial charge on any atom is -0.243 e. The number of nitrogens with zero attached hydrogens (tertiary/aromatic N) is 2. The van der Waals surface area contributed by atoms with E-state index in [1.54, 1.807) is 57.5 Å². The molecule has 4 aromatic carbocycles. The van der Waals surface area contributed by atoms with Gasteiger partial charge in [-0.3, -0.25) is 0 Å². The smallest absolute Gasteiger partial charge is 0.177 e. The number of rotatable bonds is 3. The van der Waals surface area contributed by atoms with Crippen molar-refractivity contribution in [1.29, 1.82) is 0 Å². The molecule has 0 aliphatic heterocycles. The molecule has 10 rings (SSSR count). The number of thiophene rings is 4. The van der Waals surface area contributed by atoms with E-state index >= 15 is 0 Å². The molecule has 0 saturated heterocycles. The van der Waals surface area contributed by atoms with Crippen LogP contribution < -0.4 is 0 Å². The predicted molar refractivity (Wildman–Crippen MR) is 191 cm³/mol. The van der Waals surface area contributed by atoms with Gasteiger partial charge in [0.1, 0.15) is 10.0 Å². The number of fused-ring (bicyclic) bond motifs is 6. The first-order valence-corrected chi connectivity index (χ1v) is 18.4. The molecule has 6 aromatic heterocycles. The number of halogens is 2. The lowest BCUT2D eigenvalue weighted by molar-refractivity contribution is 0.658. The molecular weight excluding hydrogens is 667 g/mol. The molecule has 0 aliphatic carbocycles. The first-order chi connectivity index (χ1) is 21.5. The van der Waals surface area contributed by atoms with E-state index in [0.29, 0.717) is 0 Å². The molecule has 0 atom stereocenters. The molecule has 10 aromatic rings. The van der Waals surface area contributed by atoms with Crippen LogP contribution in [-0.2, 0) is 0 Å². The van der Waals surface area contributed by atoms with Crippen LogP contribution in [0.5, 0.6) is 0 Å². The van der Waals surface area contributed by atoms with Crippen LogP contribution in [0.4, 0.5) is 8.78 Å². The van der Waals surface area contributed by atoms with E-state index in [-0.39, 0.29) is 10.3 Å². The maximum absolute atomic E-state index is 13.8. The molecular formula is C34H14F2N2S6. The van der Waals surface area contributed by atoms with Gasteiger partial charge in [0.15, 0.2) is 10.3 Å². The van der Waals surface area contributed by atoms with Gasteiger partial charge < -0.3 is 0 Å². The molecule has 210 valence electrons. The van der Waals surface area contributed by atoms with E-state index in [1.165, 1.54) is 42.8 Å². The van der Waals surface area contributed by atoms with Gasteiger partial charge in [-0.2, -0.15) is 8.78 Å². The van der Waals surface area contributed by atoms with Crippen molar-refractivity contribution in [2.45, 2.75) is 0 Å². The highest BCUT2D eigenvalue weighted by atomic mass is 32.1. The van der Waals surface area contributed by atoms with Gasteiger partial charge >= 0.3 is 0 Å². The molecule has 0 aliphatic rings. The lowest BCUT2D eigenvalue weighted by Gasteiger charge is -1.99. The van der Waals surface area contributed by atoms with E-state index in [2.05, 4.69) is 60.7 Å². The molecule has 0 fully saturated rings. The molecule has 0 bridgehead atoms. The average molecular weight is 681 g/mol. The standard InChI is InChI=1S/C34H14F2N2S6/c35-31-11-21-3-17-5-23-19(1-15(17)7-25(21)41-31)9-27(39-23)33-37-13-29(43-33)30-14-38-34(44-30)28-10-20-2-16-8-26-22(12-32(36)42-26)4-18(16)6-24(20)40-28/h1-14H. The van der Waals surface area contributed by atoms with E-state index in [0.717, 1.165) is 71.2 Å². The summed E-state index contributed by atoms with van der Waals surface area (Å²) in [6, 6.07) is 24.8. The Hall–Kier alpha value is -3.64. The number of hydrogen-bond donors (Lipinski definition) is 0. The minimum atomic E-state index is -0.149. The topological polar surface area (TPSA) is 25.8 Å². The fourth-order valence-corrected chi connectivity index (χ4v) is 11.6. The molecule has 0 amide bonds. The van der Waals surface area contributed by atoms with Gasteiger partial charge in [-0.05, 0) is 116 Å². The lowest BCUT2D eigenvalue weighted by atomic mass is 10.1. The normalized spacial score (nSPS) is 12.3. The summed E-state index contributed by atoms with van der Waals surface area (Å²) >= 11 is 9.24. The van der Waals surface area contributed by atoms with Crippen molar-refractivity contribution in [3.63, 3.8) is 0 Å². The van der Waals surface area contributed by atoms with Gasteiger partial charge in [-0.15, -0.1) is 68.0 Å². The Morgan fingerprint density at radius 2 is 0.705 bits per heavy atom. The zero-order chi connectivity index (χ0) is 29.1. The minimum absolute atomic E-state index is 0.149. The van der Waals surface area contributed by atoms with E-state index in [9.17, 15) is 8.78 Å². The highest BCUT2D eigenvalue weighted by molar-refractivity contribution is 7.30. The third-order valence-electron chi connectivity index (χ3n) is 7.84. The molecule has 6 heterocycles. The molecule has 0 saturated carbocycles. The number of hydrogen-bond acceptors (Lipinski definition) is 8. The van der Waals surface area contributed by atoms with Crippen molar-refractivity contribution < 1.29 is 8.78 Å². The van der Waals surface area contributed by atoms with Crippen LogP contribution in [0.2, 0.25) is 0 Å². The fourth-order valence-electron chi connectivity index (χ4n) is 5.80. The summed E-state index contributed by atoms with van der Waals surface area (Å²) < 4.78 is 31.9. The second-order valence-electron chi connectivity index (χ2n) is 10.6. The Bertz CT molecular complexity index is 2440. The van der Waals surface area contributed by atoms with Gasteiger partial charge in [-0.1, -0.05) is 0 Å². The lowest BCUT2D eigenvalue weighted by Crippen LogP contribution is -1.72. The fraction of sp³-hybridized carbons (Fsp3) is 0. The van der Waals surface area contributed by atoms with Gasteiger partial charge in [0.2, 0.25) is 0 Å². The summed E-state index contributed by atoms with van der Waals surface area (Å²) in [7, 11) is 0. The number of thiazole rings is 2. The van der Waals surface area contributed by atoms with Gasteiger partial charge in [0.25, 0.3) is 0 Å². The summed E-state index contributed by atoms with van der Waals surface area (Å²) in [5.41, 5.74) is 0. The molecule has 2 nitrogen and oxygen atoms in total. The molecule has 0 unspecified atom stereocenters. The SMILES string of the molecule is Fc1cc2cc3cc4sc(-c5ncc(-c6cnc(-c7cc8cc9cc%10sc(F)cc%10cc9cc8s7)s6)s5)cc4cc3cc2s1. The Labute approximate surface area is 271 Å². The monoisotopic (exact) mass is 680 g/mol. The first-order valence-electron chi connectivity index (χ1n) is 13.5. The van der Waals surface area contributed by atoms with Crippen molar-refractivity contribution in [2.24, 2.45) is 0 Å². The number of aromatic nitrogens is 2. The quantitative estimate of drug-likeness (QED) is 0.186. The summed E-state index contributed by atoms with van der Waals surface area (Å²) in [5.74, 6) is 0. The van der Waals surface area contributed by atoms with Gasteiger partial charge in [-0.25, -0.2) is 9.97 Å². The summed E-state index contributed by atoms with van der Waals surface area (Å²) in [6.07, 6.45) is 3.90. The van der Waals surface area contributed by atoms with Crippen LogP contribution in [0, 0.1) is 10.3 Å². The molecule has 0 spiro atoms.